The Bertz CT molecular complexity index is 764. The van der Waals surface area contributed by atoms with Crippen molar-refractivity contribution in [1.82, 2.24) is 10.6 Å². The lowest BCUT2D eigenvalue weighted by Gasteiger charge is -2.36. The highest BCUT2D eigenvalue weighted by atomic mass is 28.4. The number of halogens is 1. The van der Waals surface area contributed by atoms with Gasteiger partial charge >= 0.3 is 5.97 Å². The van der Waals surface area contributed by atoms with E-state index in [2.05, 4.69) is 44.5 Å². The second-order valence-electron chi connectivity index (χ2n) is 8.88. The zero-order chi connectivity index (χ0) is 23.1. The van der Waals surface area contributed by atoms with E-state index < -0.39 is 44.0 Å². The Morgan fingerprint density at radius 3 is 2.30 bits per heavy atom. The summed E-state index contributed by atoms with van der Waals surface area (Å²) in [5, 5.41) is 14.5. The van der Waals surface area contributed by atoms with Gasteiger partial charge in [-0.1, -0.05) is 32.9 Å². The van der Waals surface area contributed by atoms with Crippen molar-refractivity contribution in [3.05, 3.63) is 35.6 Å². The summed E-state index contributed by atoms with van der Waals surface area (Å²) in [5.41, 5.74) is 0.511. The number of amides is 2. The minimum atomic E-state index is -2.04. The average Bonchev–Trinajstić information content (AvgIpc) is 2.58. The number of hydrogen-bond acceptors (Lipinski definition) is 4. The van der Waals surface area contributed by atoms with Crippen LogP contribution in [0.2, 0.25) is 18.1 Å². The maximum absolute atomic E-state index is 13.4. The van der Waals surface area contributed by atoms with E-state index in [1.54, 1.807) is 6.07 Å². The van der Waals surface area contributed by atoms with Crippen LogP contribution in [0.25, 0.3) is 0 Å². The fraction of sp³-hybridized carbons (Fsp3) is 0.571. The topological polar surface area (TPSA) is 105 Å². The number of nitrogens with one attached hydrogen (secondary N) is 2. The first-order valence-corrected chi connectivity index (χ1v) is 12.8. The van der Waals surface area contributed by atoms with Crippen LogP contribution in [-0.4, -0.2) is 49.9 Å². The van der Waals surface area contributed by atoms with Crippen molar-refractivity contribution in [2.75, 3.05) is 6.61 Å². The van der Waals surface area contributed by atoms with Crippen LogP contribution in [0, 0.1) is 5.82 Å². The molecule has 0 bridgehead atoms. The van der Waals surface area contributed by atoms with Crippen LogP contribution < -0.4 is 10.6 Å². The Labute approximate surface area is 178 Å². The SMILES string of the molecule is CC(=O)N[C@H](Cc1cccc(F)c1)C(=O)N[C@@H](CCO[Si](C)(C)C(C)(C)C)C(=O)O. The summed E-state index contributed by atoms with van der Waals surface area (Å²) in [6, 6.07) is 3.50. The molecule has 2 amide bonds. The first-order chi connectivity index (χ1) is 13.7. The minimum Gasteiger partial charge on any atom is -0.480 e. The standard InChI is InChI=1S/C21H33FN2O5Si/c1-14(25)23-18(13-15-8-7-9-16(22)12-15)19(26)24-17(20(27)28)10-11-29-30(5,6)21(2,3)4/h7-9,12,17-18H,10-11,13H2,1-6H3,(H,23,25)(H,24,26)(H,27,28)/t17-,18+/m0/s1. The van der Waals surface area contributed by atoms with Crippen molar-refractivity contribution in [2.45, 2.75) is 70.8 Å². The molecule has 0 saturated carbocycles. The van der Waals surface area contributed by atoms with Crippen LogP contribution >= 0.6 is 0 Å². The first kappa shape index (κ1) is 25.8. The molecule has 168 valence electrons. The van der Waals surface area contributed by atoms with E-state index in [-0.39, 0.29) is 24.5 Å². The third kappa shape index (κ3) is 8.23. The maximum atomic E-state index is 13.4. The van der Waals surface area contributed by atoms with Gasteiger partial charge in [0.25, 0.3) is 0 Å². The summed E-state index contributed by atoms with van der Waals surface area (Å²) in [4.78, 5) is 35.8. The molecule has 0 aliphatic heterocycles. The second kappa shape index (κ2) is 10.7. The molecule has 0 heterocycles. The van der Waals surface area contributed by atoms with Crippen molar-refractivity contribution in [2.24, 2.45) is 0 Å². The van der Waals surface area contributed by atoms with Gasteiger partial charge in [0.15, 0.2) is 8.32 Å². The van der Waals surface area contributed by atoms with Crippen molar-refractivity contribution in [1.29, 1.82) is 0 Å². The van der Waals surface area contributed by atoms with E-state index in [0.717, 1.165) is 0 Å². The molecule has 0 aliphatic carbocycles. The van der Waals surface area contributed by atoms with Crippen LogP contribution in [0.3, 0.4) is 0 Å². The van der Waals surface area contributed by atoms with Crippen molar-refractivity contribution >= 4 is 26.1 Å². The van der Waals surface area contributed by atoms with Crippen molar-refractivity contribution in [3.63, 3.8) is 0 Å². The van der Waals surface area contributed by atoms with Gasteiger partial charge in [-0.05, 0) is 35.8 Å². The first-order valence-electron chi connectivity index (χ1n) is 9.91. The highest BCUT2D eigenvalue weighted by molar-refractivity contribution is 6.74. The van der Waals surface area contributed by atoms with E-state index in [4.69, 9.17) is 4.43 Å². The zero-order valence-electron chi connectivity index (χ0n) is 18.5. The molecular formula is C21H33FN2O5Si. The normalized spacial score (nSPS) is 14.0. The third-order valence-electron chi connectivity index (χ3n) is 5.31. The predicted octanol–water partition coefficient (Wildman–Crippen LogP) is 2.85. The third-order valence-corrected chi connectivity index (χ3v) is 9.85. The molecule has 30 heavy (non-hydrogen) atoms. The summed E-state index contributed by atoms with van der Waals surface area (Å²) >= 11 is 0. The molecule has 9 heteroatoms. The van der Waals surface area contributed by atoms with Gasteiger partial charge in [-0.3, -0.25) is 9.59 Å². The Morgan fingerprint density at radius 2 is 1.80 bits per heavy atom. The Kier molecular flexibility index (Phi) is 9.17. The van der Waals surface area contributed by atoms with E-state index in [9.17, 15) is 23.9 Å². The summed E-state index contributed by atoms with van der Waals surface area (Å²) < 4.78 is 19.4. The van der Waals surface area contributed by atoms with Crippen LogP contribution in [0.5, 0.6) is 0 Å². The molecule has 1 aromatic carbocycles. The van der Waals surface area contributed by atoms with E-state index in [1.165, 1.54) is 25.1 Å². The number of rotatable bonds is 10. The van der Waals surface area contributed by atoms with Crippen LogP contribution in [-0.2, 0) is 25.2 Å². The lowest BCUT2D eigenvalue weighted by molar-refractivity contribution is -0.142. The quantitative estimate of drug-likeness (QED) is 0.485. The molecular weight excluding hydrogens is 407 g/mol. The van der Waals surface area contributed by atoms with Crippen LogP contribution in [0.1, 0.15) is 39.7 Å². The fourth-order valence-corrected chi connectivity index (χ4v) is 3.59. The number of carboxylic acid groups (broad SMARTS) is 1. The molecule has 0 saturated heterocycles. The highest BCUT2D eigenvalue weighted by Crippen LogP contribution is 2.36. The Morgan fingerprint density at radius 1 is 1.17 bits per heavy atom. The van der Waals surface area contributed by atoms with Crippen molar-refractivity contribution < 1.29 is 28.3 Å². The summed E-state index contributed by atoms with van der Waals surface area (Å²) in [6.07, 6.45) is 0.135. The van der Waals surface area contributed by atoms with Crippen molar-refractivity contribution in [3.8, 4) is 0 Å². The highest BCUT2D eigenvalue weighted by Gasteiger charge is 2.37. The van der Waals surface area contributed by atoms with Gasteiger partial charge in [0, 0.05) is 26.4 Å². The molecule has 0 aromatic heterocycles. The van der Waals surface area contributed by atoms with Gasteiger partial charge in [-0.15, -0.1) is 0 Å². The molecule has 0 aliphatic rings. The average molecular weight is 441 g/mol. The molecule has 2 atom stereocenters. The molecule has 0 spiro atoms. The van der Waals surface area contributed by atoms with E-state index >= 15 is 0 Å². The van der Waals surface area contributed by atoms with Gasteiger partial charge in [0.1, 0.15) is 17.9 Å². The molecule has 0 fully saturated rings. The van der Waals surface area contributed by atoms with Gasteiger partial charge in [0.2, 0.25) is 11.8 Å². The number of carbonyl (C=O) groups is 3. The number of hydrogen-bond donors (Lipinski definition) is 3. The lowest BCUT2D eigenvalue weighted by atomic mass is 10.0. The monoisotopic (exact) mass is 440 g/mol. The zero-order valence-corrected chi connectivity index (χ0v) is 19.5. The largest absolute Gasteiger partial charge is 0.480 e. The Hall–Kier alpha value is -2.26. The summed E-state index contributed by atoms with van der Waals surface area (Å²) in [7, 11) is -2.04. The molecule has 7 nitrogen and oxygen atoms in total. The molecule has 0 unspecified atom stereocenters. The molecule has 0 radical (unpaired) electrons. The van der Waals surface area contributed by atoms with Gasteiger partial charge < -0.3 is 20.2 Å². The number of benzene rings is 1. The van der Waals surface area contributed by atoms with Gasteiger partial charge in [-0.25, -0.2) is 9.18 Å². The summed E-state index contributed by atoms with van der Waals surface area (Å²) in [6.45, 7) is 11.8. The maximum Gasteiger partial charge on any atom is 0.326 e. The summed E-state index contributed by atoms with van der Waals surface area (Å²) in [5.74, 6) is -2.73. The fourth-order valence-electron chi connectivity index (χ4n) is 2.53. The molecule has 1 aromatic rings. The van der Waals surface area contributed by atoms with E-state index in [1.807, 2.05) is 0 Å². The van der Waals surface area contributed by atoms with Crippen LogP contribution in [0.15, 0.2) is 24.3 Å². The van der Waals surface area contributed by atoms with Crippen LogP contribution in [0.4, 0.5) is 4.39 Å². The van der Waals surface area contributed by atoms with Gasteiger partial charge in [0.05, 0.1) is 0 Å². The lowest BCUT2D eigenvalue weighted by Crippen LogP contribution is -2.52. The number of aliphatic carboxylic acids is 1. The molecule has 1 rings (SSSR count). The number of carbonyl (C=O) groups excluding carboxylic acids is 2. The predicted molar refractivity (Wildman–Crippen MR) is 115 cm³/mol. The smallest absolute Gasteiger partial charge is 0.326 e. The molecule has 3 N–H and O–H groups in total. The minimum absolute atomic E-state index is 0.0174. The van der Waals surface area contributed by atoms with Gasteiger partial charge in [-0.2, -0.15) is 0 Å². The Balaban J connectivity index is 2.81. The van der Waals surface area contributed by atoms with E-state index in [0.29, 0.717) is 5.56 Å². The number of carboxylic acids is 1. The second-order valence-corrected chi connectivity index (χ2v) is 13.7.